The van der Waals surface area contributed by atoms with Crippen LogP contribution in [-0.4, -0.2) is 31.5 Å². The highest BCUT2D eigenvalue weighted by atomic mass is 16.5. The summed E-state index contributed by atoms with van der Waals surface area (Å²) in [7, 11) is 0. The molecule has 2 amide bonds. The molecule has 1 aromatic rings. The number of para-hydroxylation sites is 1. The quantitative estimate of drug-likeness (QED) is 0.672. The van der Waals surface area contributed by atoms with Crippen LogP contribution in [0.5, 0.6) is 5.75 Å². The fourth-order valence-corrected chi connectivity index (χ4v) is 1.56. The third kappa shape index (κ3) is 7.41. The molecule has 20 heavy (non-hydrogen) atoms. The fourth-order valence-electron chi connectivity index (χ4n) is 1.56. The number of rotatable bonds is 9. The molecule has 110 valence electrons. The van der Waals surface area contributed by atoms with E-state index in [1.165, 1.54) is 0 Å². The molecule has 0 saturated heterocycles. The summed E-state index contributed by atoms with van der Waals surface area (Å²) in [4.78, 5) is 22.5. The molecular weight excluding hydrogens is 256 g/mol. The SMILES string of the molecule is CCC(=O)NCCNC(=O)CCCOc1ccccc1. The predicted octanol–water partition coefficient (Wildman–Crippen LogP) is 1.49. The average Bonchev–Trinajstić information content (AvgIpc) is 2.49. The molecule has 0 saturated carbocycles. The van der Waals surface area contributed by atoms with E-state index in [2.05, 4.69) is 10.6 Å². The molecule has 2 N–H and O–H groups in total. The van der Waals surface area contributed by atoms with Crippen molar-refractivity contribution in [2.24, 2.45) is 0 Å². The Kier molecular flexibility index (Phi) is 7.87. The van der Waals surface area contributed by atoms with Crippen molar-refractivity contribution < 1.29 is 14.3 Å². The Labute approximate surface area is 119 Å². The third-order valence-corrected chi connectivity index (χ3v) is 2.65. The van der Waals surface area contributed by atoms with Gasteiger partial charge in [0.2, 0.25) is 11.8 Å². The number of carbonyl (C=O) groups excluding carboxylic acids is 2. The van der Waals surface area contributed by atoms with E-state index in [4.69, 9.17) is 4.74 Å². The molecule has 0 aromatic heterocycles. The van der Waals surface area contributed by atoms with Crippen molar-refractivity contribution in [3.8, 4) is 5.75 Å². The number of amides is 2. The number of carbonyl (C=O) groups is 2. The second kappa shape index (κ2) is 9.83. The van der Waals surface area contributed by atoms with Gasteiger partial charge in [0.15, 0.2) is 0 Å². The van der Waals surface area contributed by atoms with Gasteiger partial charge in [-0.15, -0.1) is 0 Å². The summed E-state index contributed by atoms with van der Waals surface area (Å²) in [5.41, 5.74) is 0. The Hall–Kier alpha value is -2.04. The van der Waals surface area contributed by atoms with Gasteiger partial charge in [-0.25, -0.2) is 0 Å². The largest absolute Gasteiger partial charge is 0.494 e. The zero-order valence-corrected chi connectivity index (χ0v) is 11.9. The van der Waals surface area contributed by atoms with E-state index in [-0.39, 0.29) is 11.8 Å². The standard InChI is InChI=1S/C15H22N2O3/c1-2-14(18)16-10-11-17-15(19)9-6-12-20-13-7-4-3-5-8-13/h3-5,7-8H,2,6,9-12H2,1H3,(H,16,18)(H,17,19). The Morgan fingerprint density at radius 3 is 2.35 bits per heavy atom. The van der Waals surface area contributed by atoms with Gasteiger partial charge in [0.1, 0.15) is 5.75 Å². The molecule has 0 aliphatic carbocycles. The predicted molar refractivity (Wildman–Crippen MR) is 77.5 cm³/mol. The summed E-state index contributed by atoms with van der Waals surface area (Å²) in [5.74, 6) is 0.790. The lowest BCUT2D eigenvalue weighted by Gasteiger charge is -2.07. The van der Waals surface area contributed by atoms with Crippen LogP contribution in [0.1, 0.15) is 26.2 Å². The summed E-state index contributed by atoms with van der Waals surface area (Å²) in [6, 6.07) is 9.52. The van der Waals surface area contributed by atoms with Gasteiger partial charge in [0.05, 0.1) is 6.61 Å². The van der Waals surface area contributed by atoms with Gasteiger partial charge >= 0.3 is 0 Å². The van der Waals surface area contributed by atoms with Crippen molar-refractivity contribution in [2.45, 2.75) is 26.2 Å². The Morgan fingerprint density at radius 2 is 1.70 bits per heavy atom. The van der Waals surface area contributed by atoms with Gasteiger partial charge in [-0.05, 0) is 18.6 Å². The Balaban J connectivity index is 1.99. The van der Waals surface area contributed by atoms with E-state index in [0.717, 1.165) is 5.75 Å². The van der Waals surface area contributed by atoms with Crippen molar-refractivity contribution >= 4 is 11.8 Å². The molecule has 0 unspecified atom stereocenters. The zero-order chi connectivity index (χ0) is 14.6. The van der Waals surface area contributed by atoms with Crippen LogP contribution < -0.4 is 15.4 Å². The molecule has 0 spiro atoms. The van der Waals surface area contributed by atoms with Crippen LogP contribution in [0.25, 0.3) is 0 Å². The van der Waals surface area contributed by atoms with Crippen molar-refractivity contribution in [1.29, 1.82) is 0 Å². The second-order valence-electron chi connectivity index (χ2n) is 4.32. The summed E-state index contributed by atoms with van der Waals surface area (Å²) in [5, 5.41) is 5.45. The molecule has 0 atom stereocenters. The molecule has 0 heterocycles. The summed E-state index contributed by atoms with van der Waals surface area (Å²) in [6.07, 6.45) is 1.56. The first-order valence-electron chi connectivity index (χ1n) is 6.93. The highest BCUT2D eigenvalue weighted by Gasteiger charge is 2.01. The van der Waals surface area contributed by atoms with E-state index >= 15 is 0 Å². The van der Waals surface area contributed by atoms with E-state index < -0.39 is 0 Å². The van der Waals surface area contributed by atoms with Crippen molar-refractivity contribution in [1.82, 2.24) is 10.6 Å². The van der Waals surface area contributed by atoms with Crippen LogP contribution in [-0.2, 0) is 9.59 Å². The van der Waals surface area contributed by atoms with Gasteiger partial charge in [-0.3, -0.25) is 9.59 Å². The maximum absolute atomic E-state index is 11.5. The number of ether oxygens (including phenoxy) is 1. The minimum atomic E-state index is -0.0209. The smallest absolute Gasteiger partial charge is 0.220 e. The lowest BCUT2D eigenvalue weighted by molar-refractivity contribution is -0.122. The number of hydrogen-bond donors (Lipinski definition) is 2. The van der Waals surface area contributed by atoms with E-state index in [0.29, 0.717) is 39.0 Å². The minimum Gasteiger partial charge on any atom is -0.494 e. The van der Waals surface area contributed by atoms with E-state index in [9.17, 15) is 9.59 Å². The van der Waals surface area contributed by atoms with Crippen molar-refractivity contribution in [2.75, 3.05) is 19.7 Å². The molecule has 0 radical (unpaired) electrons. The van der Waals surface area contributed by atoms with E-state index in [1.54, 1.807) is 6.92 Å². The van der Waals surface area contributed by atoms with Gasteiger partial charge in [0, 0.05) is 25.9 Å². The van der Waals surface area contributed by atoms with E-state index in [1.807, 2.05) is 30.3 Å². The highest BCUT2D eigenvalue weighted by molar-refractivity contribution is 5.76. The van der Waals surface area contributed by atoms with Crippen LogP contribution in [0.15, 0.2) is 30.3 Å². The molecular formula is C15H22N2O3. The molecule has 1 rings (SSSR count). The summed E-state index contributed by atoms with van der Waals surface area (Å²) < 4.78 is 5.49. The molecule has 5 heteroatoms. The first kappa shape index (κ1) is 16.0. The number of hydrogen-bond acceptors (Lipinski definition) is 3. The Morgan fingerprint density at radius 1 is 1.05 bits per heavy atom. The molecule has 1 aromatic carbocycles. The van der Waals surface area contributed by atoms with Crippen molar-refractivity contribution in [3.05, 3.63) is 30.3 Å². The summed E-state index contributed by atoms with van der Waals surface area (Å²) >= 11 is 0. The average molecular weight is 278 g/mol. The van der Waals surface area contributed by atoms with Crippen molar-refractivity contribution in [3.63, 3.8) is 0 Å². The van der Waals surface area contributed by atoms with Crippen LogP contribution in [0.4, 0.5) is 0 Å². The van der Waals surface area contributed by atoms with Gasteiger partial charge in [-0.2, -0.15) is 0 Å². The Bertz CT molecular complexity index is 407. The van der Waals surface area contributed by atoms with Gasteiger partial charge in [-0.1, -0.05) is 25.1 Å². The minimum absolute atomic E-state index is 0.00416. The van der Waals surface area contributed by atoms with Crippen LogP contribution >= 0.6 is 0 Å². The molecule has 0 bridgehead atoms. The lowest BCUT2D eigenvalue weighted by atomic mass is 10.3. The zero-order valence-electron chi connectivity index (χ0n) is 11.9. The lowest BCUT2D eigenvalue weighted by Crippen LogP contribution is -2.34. The van der Waals surface area contributed by atoms with Gasteiger partial charge < -0.3 is 15.4 Å². The van der Waals surface area contributed by atoms with Crippen LogP contribution in [0, 0.1) is 0 Å². The molecule has 0 fully saturated rings. The second-order valence-corrected chi connectivity index (χ2v) is 4.32. The first-order chi connectivity index (χ1) is 9.72. The number of benzene rings is 1. The first-order valence-corrected chi connectivity index (χ1v) is 6.93. The van der Waals surface area contributed by atoms with Crippen LogP contribution in [0.2, 0.25) is 0 Å². The topological polar surface area (TPSA) is 67.4 Å². The number of nitrogens with one attached hydrogen (secondary N) is 2. The highest BCUT2D eigenvalue weighted by Crippen LogP contribution is 2.08. The van der Waals surface area contributed by atoms with Gasteiger partial charge in [0.25, 0.3) is 0 Å². The summed E-state index contributed by atoms with van der Waals surface area (Å²) in [6.45, 7) is 3.24. The maximum Gasteiger partial charge on any atom is 0.220 e. The molecule has 0 aliphatic heterocycles. The normalized spacial score (nSPS) is 9.85. The molecule has 0 aliphatic rings. The maximum atomic E-state index is 11.5. The van der Waals surface area contributed by atoms with Crippen LogP contribution in [0.3, 0.4) is 0 Å². The fraction of sp³-hybridized carbons (Fsp3) is 0.467. The third-order valence-electron chi connectivity index (χ3n) is 2.65. The molecule has 5 nitrogen and oxygen atoms in total. The monoisotopic (exact) mass is 278 g/mol.